The summed E-state index contributed by atoms with van der Waals surface area (Å²) in [6, 6.07) is 0. The van der Waals surface area contributed by atoms with Gasteiger partial charge in [0.25, 0.3) is 0 Å². The summed E-state index contributed by atoms with van der Waals surface area (Å²) in [4.78, 5) is 0. The highest BCUT2D eigenvalue weighted by Crippen LogP contribution is 2.47. The van der Waals surface area contributed by atoms with Gasteiger partial charge in [0, 0.05) is 6.61 Å². The smallest absolute Gasteiger partial charge is 0.0574 e. The van der Waals surface area contributed by atoms with Crippen LogP contribution >= 0.6 is 0 Å². The van der Waals surface area contributed by atoms with Crippen LogP contribution in [0.1, 0.15) is 19.3 Å². The van der Waals surface area contributed by atoms with Crippen LogP contribution in [0.2, 0.25) is 0 Å². The Balaban J connectivity index is 2.06. The molecule has 2 aliphatic carbocycles. The summed E-state index contributed by atoms with van der Waals surface area (Å²) < 4.78 is 0. The third-order valence-electron chi connectivity index (χ3n) is 3.15. The molecule has 2 fully saturated rings. The van der Waals surface area contributed by atoms with Crippen molar-refractivity contribution in [2.75, 3.05) is 6.61 Å². The molecule has 0 heterocycles. The van der Waals surface area contributed by atoms with Gasteiger partial charge in [-0.15, -0.1) is 0 Å². The van der Waals surface area contributed by atoms with Crippen LogP contribution in [0, 0.1) is 17.8 Å². The van der Waals surface area contributed by atoms with E-state index in [0.717, 1.165) is 25.2 Å². The maximum absolute atomic E-state index is 9.41. The van der Waals surface area contributed by atoms with Gasteiger partial charge in [0.1, 0.15) is 0 Å². The standard InChI is InChI=1S/C8H14O2/c9-4-6-1-5-2-7(6)8(10)3-5/h5-10H,1-4H2/t5-,6-,7-,8-/m1/s1. The van der Waals surface area contributed by atoms with E-state index in [-0.39, 0.29) is 12.7 Å². The van der Waals surface area contributed by atoms with Gasteiger partial charge in [-0.25, -0.2) is 0 Å². The molecule has 0 aliphatic heterocycles. The van der Waals surface area contributed by atoms with Gasteiger partial charge in [0.15, 0.2) is 0 Å². The first kappa shape index (κ1) is 6.62. The van der Waals surface area contributed by atoms with Crippen molar-refractivity contribution in [2.45, 2.75) is 25.4 Å². The first-order valence-corrected chi connectivity index (χ1v) is 4.10. The molecule has 2 heteroatoms. The van der Waals surface area contributed by atoms with Crippen molar-refractivity contribution in [3.8, 4) is 0 Å². The maximum atomic E-state index is 9.41. The zero-order valence-electron chi connectivity index (χ0n) is 6.03. The Morgan fingerprint density at radius 1 is 1.20 bits per heavy atom. The van der Waals surface area contributed by atoms with Crippen molar-refractivity contribution in [3.63, 3.8) is 0 Å². The van der Waals surface area contributed by atoms with E-state index in [9.17, 15) is 5.11 Å². The van der Waals surface area contributed by atoms with Gasteiger partial charge in [-0.2, -0.15) is 0 Å². The molecule has 0 amide bonds. The van der Waals surface area contributed by atoms with E-state index < -0.39 is 0 Å². The lowest BCUT2D eigenvalue weighted by Crippen LogP contribution is -2.26. The number of hydrogen-bond acceptors (Lipinski definition) is 2. The van der Waals surface area contributed by atoms with Crippen LogP contribution in [0.5, 0.6) is 0 Å². The van der Waals surface area contributed by atoms with Crippen LogP contribution in [0.3, 0.4) is 0 Å². The number of aliphatic hydroxyl groups excluding tert-OH is 2. The molecule has 2 nitrogen and oxygen atoms in total. The molecule has 0 unspecified atom stereocenters. The van der Waals surface area contributed by atoms with Crippen molar-refractivity contribution >= 4 is 0 Å². The first-order valence-electron chi connectivity index (χ1n) is 4.10. The summed E-state index contributed by atoms with van der Waals surface area (Å²) >= 11 is 0. The summed E-state index contributed by atoms with van der Waals surface area (Å²) in [7, 11) is 0. The predicted octanol–water partition coefficient (Wildman–Crippen LogP) is 0.386. The second-order valence-corrected chi connectivity index (χ2v) is 3.75. The molecule has 4 atom stereocenters. The minimum atomic E-state index is -0.101. The molecular weight excluding hydrogens is 128 g/mol. The quantitative estimate of drug-likeness (QED) is 0.556. The Morgan fingerprint density at radius 2 is 2.00 bits per heavy atom. The van der Waals surface area contributed by atoms with Gasteiger partial charge >= 0.3 is 0 Å². The van der Waals surface area contributed by atoms with E-state index in [1.165, 1.54) is 0 Å². The molecule has 2 N–H and O–H groups in total. The van der Waals surface area contributed by atoms with Gasteiger partial charge < -0.3 is 10.2 Å². The fourth-order valence-corrected chi connectivity index (χ4v) is 2.67. The lowest BCUT2D eigenvalue weighted by Gasteiger charge is -2.23. The second-order valence-electron chi connectivity index (χ2n) is 3.75. The molecule has 0 aromatic heterocycles. The molecule has 2 aliphatic rings. The zero-order valence-corrected chi connectivity index (χ0v) is 6.03. The minimum absolute atomic E-state index is 0.101. The Bertz CT molecular complexity index is 133. The lowest BCUT2D eigenvalue weighted by atomic mass is 9.87. The summed E-state index contributed by atoms with van der Waals surface area (Å²) in [6.45, 7) is 0.276. The topological polar surface area (TPSA) is 40.5 Å². The van der Waals surface area contributed by atoms with Gasteiger partial charge in [-0.1, -0.05) is 0 Å². The van der Waals surface area contributed by atoms with Crippen LogP contribution in [-0.4, -0.2) is 22.9 Å². The predicted molar refractivity (Wildman–Crippen MR) is 37.4 cm³/mol. The molecule has 2 bridgehead atoms. The fourth-order valence-electron chi connectivity index (χ4n) is 2.67. The molecule has 10 heavy (non-hydrogen) atoms. The number of fused-ring (bicyclic) bond motifs is 2. The highest BCUT2D eigenvalue weighted by molar-refractivity contribution is 4.94. The van der Waals surface area contributed by atoms with E-state index in [4.69, 9.17) is 5.11 Å². The summed E-state index contributed by atoms with van der Waals surface area (Å²) in [5, 5.41) is 18.3. The van der Waals surface area contributed by atoms with Crippen molar-refractivity contribution in [2.24, 2.45) is 17.8 Å². The fraction of sp³-hybridized carbons (Fsp3) is 1.00. The molecule has 2 saturated carbocycles. The van der Waals surface area contributed by atoms with Crippen LogP contribution in [-0.2, 0) is 0 Å². The highest BCUT2D eigenvalue weighted by Gasteiger charge is 2.44. The first-order chi connectivity index (χ1) is 4.81. The average Bonchev–Trinajstić information content (AvgIpc) is 2.44. The van der Waals surface area contributed by atoms with Crippen LogP contribution in [0.25, 0.3) is 0 Å². The van der Waals surface area contributed by atoms with Crippen LogP contribution in [0.15, 0.2) is 0 Å². The van der Waals surface area contributed by atoms with Gasteiger partial charge in [0.2, 0.25) is 0 Å². The average molecular weight is 142 g/mol. The molecular formula is C8H14O2. The van der Waals surface area contributed by atoms with Crippen molar-refractivity contribution in [3.05, 3.63) is 0 Å². The monoisotopic (exact) mass is 142 g/mol. The van der Waals surface area contributed by atoms with Gasteiger partial charge in [-0.05, 0) is 37.0 Å². The summed E-state index contributed by atoms with van der Waals surface area (Å²) in [5.41, 5.74) is 0. The van der Waals surface area contributed by atoms with Gasteiger partial charge in [-0.3, -0.25) is 0 Å². The molecule has 2 rings (SSSR count). The van der Waals surface area contributed by atoms with Crippen LogP contribution < -0.4 is 0 Å². The molecule has 0 spiro atoms. The number of aliphatic hydroxyl groups is 2. The largest absolute Gasteiger partial charge is 0.396 e. The Hall–Kier alpha value is -0.0800. The number of hydrogen-bond donors (Lipinski definition) is 2. The third kappa shape index (κ3) is 0.789. The Labute approximate surface area is 60.9 Å². The van der Waals surface area contributed by atoms with Gasteiger partial charge in [0.05, 0.1) is 6.10 Å². The van der Waals surface area contributed by atoms with E-state index in [0.29, 0.717) is 11.8 Å². The molecule has 0 aromatic rings. The minimum Gasteiger partial charge on any atom is -0.396 e. The van der Waals surface area contributed by atoms with Crippen molar-refractivity contribution < 1.29 is 10.2 Å². The van der Waals surface area contributed by atoms with Crippen molar-refractivity contribution in [1.29, 1.82) is 0 Å². The third-order valence-corrected chi connectivity index (χ3v) is 3.15. The lowest BCUT2D eigenvalue weighted by molar-refractivity contribution is 0.0560. The van der Waals surface area contributed by atoms with Crippen molar-refractivity contribution in [1.82, 2.24) is 0 Å². The van der Waals surface area contributed by atoms with E-state index in [2.05, 4.69) is 0 Å². The molecule has 58 valence electrons. The zero-order chi connectivity index (χ0) is 7.14. The maximum Gasteiger partial charge on any atom is 0.0574 e. The normalized spacial score (nSPS) is 52.2. The molecule has 0 aromatic carbocycles. The van der Waals surface area contributed by atoms with E-state index >= 15 is 0 Å². The molecule has 0 saturated heterocycles. The van der Waals surface area contributed by atoms with E-state index in [1.54, 1.807) is 0 Å². The number of rotatable bonds is 1. The Morgan fingerprint density at radius 3 is 2.40 bits per heavy atom. The van der Waals surface area contributed by atoms with Crippen LogP contribution in [0.4, 0.5) is 0 Å². The SMILES string of the molecule is OC[C@H]1C[C@@H]2C[C@H]1[C@H](O)C2. The summed E-state index contributed by atoms with van der Waals surface area (Å²) in [6.07, 6.45) is 3.20. The molecule has 0 radical (unpaired) electrons. The Kier molecular flexibility index (Phi) is 1.46. The second kappa shape index (κ2) is 2.21. The highest BCUT2D eigenvalue weighted by atomic mass is 16.3. The van der Waals surface area contributed by atoms with E-state index in [1.807, 2.05) is 0 Å². The summed E-state index contributed by atoms with van der Waals surface area (Å²) in [5.74, 6) is 1.56.